The zero-order chi connectivity index (χ0) is 17.3. The van der Waals surface area contributed by atoms with Crippen molar-refractivity contribution in [2.24, 2.45) is 4.99 Å². The van der Waals surface area contributed by atoms with Crippen molar-refractivity contribution >= 4 is 16.8 Å². The third-order valence-electron chi connectivity index (χ3n) is 3.48. The molecule has 0 saturated heterocycles. The van der Waals surface area contributed by atoms with Gasteiger partial charge in [-0.15, -0.1) is 0 Å². The Hall–Kier alpha value is -0.620. The monoisotopic (exact) mass is 332 g/mol. The van der Waals surface area contributed by atoms with Crippen LogP contribution in [0.5, 0.6) is 0 Å². The molecule has 0 heterocycles. The first-order valence-corrected chi connectivity index (χ1v) is 9.50. The molecule has 1 atom stereocenters. The lowest BCUT2D eigenvalue weighted by Crippen LogP contribution is -2.46. The van der Waals surface area contributed by atoms with Crippen LogP contribution in [0.2, 0.25) is 0 Å². The van der Waals surface area contributed by atoms with E-state index < -0.39 is 10.8 Å². The van der Waals surface area contributed by atoms with E-state index >= 15 is 0 Å². The lowest BCUT2D eigenvalue weighted by Gasteiger charge is -2.30. The van der Waals surface area contributed by atoms with E-state index in [0.717, 1.165) is 19.0 Å². The fourth-order valence-corrected chi connectivity index (χ4v) is 3.10. The molecule has 0 amide bonds. The summed E-state index contributed by atoms with van der Waals surface area (Å²) in [6.07, 6.45) is 0. The summed E-state index contributed by atoms with van der Waals surface area (Å²) in [6.45, 7) is 17.4. The molecule has 0 aliphatic carbocycles. The molecule has 0 rings (SSSR count). The minimum absolute atomic E-state index is 0.159. The molecule has 6 heteroatoms. The molecule has 0 aliphatic rings. The highest BCUT2D eigenvalue weighted by Gasteiger charge is 2.18. The molecule has 0 fully saturated rings. The van der Waals surface area contributed by atoms with Crippen molar-refractivity contribution in [3.63, 3.8) is 0 Å². The van der Waals surface area contributed by atoms with Crippen LogP contribution < -0.4 is 10.6 Å². The average molecular weight is 333 g/mol. The number of hydrogen-bond donors (Lipinski definition) is 2. The van der Waals surface area contributed by atoms with Gasteiger partial charge in [0, 0.05) is 60.1 Å². The Morgan fingerprint density at radius 2 is 1.59 bits per heavy atom. The van der Waals surface area contributed by atoms with Gasteiger partial charge < -0.3 is 10.6 Å². The van der Waals surface area contributed by atoms with Gasteiger partial charge in [0.25, 0.3) is 0 Å². The Kier molecular flexibility index (Phi) is 9.92. The van der Waals surface area contributed by atoms with Crippen molar-refractivity contribution < 1.29 is 4.21 Å². The molecule has 0 spiro atoms. The van der Waals surface area contributed by atoms with E-state index in [9.17, 15) is 4.21 Å². The van der Waals surface area contributed by atoms with Crippen LogP contribution in [0.1, 0.15) is 48.5 Å². The van der Waals surface area contributed by atoms with E-state index in [2.05, 4.69) is 48.2 Å². The first kappa shape index (κ1) is 21.4. The molecular formula is C16H36N4OS. The lowest BCUT2D eigenvalue weighted by atomic mass is 10.2. The van der Waals surface area contributed by atoms with Gasteiger partial charge in [0.1, 0.15) is 0 Å². The van der Waals surface area contributed by atoms with Gasteiger partial charge in [0.2, 0.25) is 0 Å². The molecular weight excluding hydrogens is 296 g/mol. The predicted octanol–water partition coefficient (Wildman–Crippen LogP) is 1.82. The van der Waals surface area contributed by atoms with E-state index in [0.29, 0.717) is 24.4 Å². The standard InChI is InChI=1S/C16H36N4OS/c1-13(2)20(14(3)4)11-9-18-15(17-8)19-10-12-22(21)16(5,6)7/h13-14H,9-12H2,1-8H3,(H2,17,18,19). The highest BCUT2D eigenvalue weighted by Crippen LogP contribution is 2.10. The zero-order valence-corrected chi connectivity index (χ0v) is 16.5. The first-order valence-electron chi connectivity index (χ1n) is 8.18. The van der Waals surface area contributed by atoms with Crippen molar-refractivity contribution in [3.05, 3.63) is 0 Å². The summed E-state index contributed by atoms with van der Waals surface area (Å²) in [6, 6.07) is 1.07. The number of hydrogen-bond acceptors (Lipinski definition) is 3. The molecule has 0 radical (unpaired) electrons. The Bertz CT molecular complexity index is 354. The summed E-state index contributed by atoms with van der Waals surface area (Å²) in [5.41, 5.74) is 0. The van der Waals surface area contributed by atoms with Crippen LogP contribution in [0.4, 0.5) is 0 Å². The Labute approximate surface area is 139 Å². The maximum atomic E-state index is 12.0. The molecule has 132 valence electrons. The second-order valence-electron chi connectivity index (χ2n) is 7.01. The molecule has 0 aliphatic heterocycles. The second kappa shape index (κ2) is 10.2. The van der Waals surface area contributed by atoms with E-state index in [1.54, 1.807) is 7.05 Å². The number of rotatable bonds is 8. The fourth-order valence-electron chi connectivity index (χ4n) is 2.21. The third kappa shape index (κ3) is 8.73. The van der Waals surface area contributed by atoms with Crippen LogP contribution in [-0.4, -0.2) is 64.3 Å². The van der Waals surface area contributed by atoms with Crippen LogP contribution in [0.25, 0.3) is 0 Å². The first-order chi connectivity index (χ1) is 10.1. The van der Waals surface area contributed by atoms with Gasteiger partial charge in [-0.1, -0.05) is 0 Å². The summed E-state index contributed by atoms with van der Waals surface area (Å²) in [5.74, 6) is 1.41. The lowest BCUT2D eigenvalue weighted by molar-refractivity contribution is 0.178. The number of aliphatic imine (C=N–C) groups is 1. The normalized spacial score (nSPS) is 14.8. The Morgan fingerprint density at radius 1 is 1.09 bits per heavy atom. The Balaban J connectivity index is 4.12. The summed E-state index contributed by atoms with van der Waals surface area (Å²) < 4.78 is 11.8. The second-order valence-corrected chi connectivity index (χ2v) is 9.34. The third-order valence-corrected chi connectivity index (χ3v) is 5.42. The highest BCUT2D eigenvalue weighted by molar-refractivity contribution is 7.86. The van der Waals surface area contributed by atoms with Crippen LogP contribution in [0.3, 0.4) is 0 Å². The van der Waals surface area contributed by atoms with E-state index in [1.165, 1.54) is 0 Å². The van der Waals surface area contributed by atoms with Gasteiger partial charge in [0.15, 0.2) is 5.96 Å². The summed E-state index contributed by atoms with van der Waals surface area (Å²) in [7, 11) is 0.928. The minimum atomic E-state index is -0.835. The van der Waals surface area contributed by atoms with Gasteiger partial charge >= 0.3 is 0 Å². The SMILES string of the molecule is CN=C(NCCN(C(C)C)C(C)C)NCCS(=O)C(C)(C)C. The zero-order valence-electron chi connectivity index (χ0n) is 15.7. The average Bonchev–Trinajstić information content (AvgIpc) is 2.39. The maximum Gasteiger partial charge on any atom is 0.191 e. The van der Waals surface area contributed by atoms with Crippen molar-refractivity contribution in [1.29, 1.82) is 0 Å². The smallest absolute Gasteiger partial charge is 0.191 e. The summed E-state index contributed by atoms with van der Waals surface area (Å²) >= 11 is 0. The molecule has 0 aromatic heterocycles. The van der Waals surface area contributed by atoms with Gasteiger partial charge in [0.05, 0.1) is 0 Å². The van der Waals surface area contributed by atoms with Crippen LogP contribution in [0.15, 0.2) is 4.99 Å². The molecule has 0 saturated carbocycles. The Morgan fingerprint density at radius 3 is 2.00 bits per heavy atom. The molecule has 22 heavy (non-hydrogen) atoms. The van der Waals surface area contributed by atoms with Crippen molar-refractivity contribution in [3.8, 4) is 0 Å². The highest BCUT2D eigenvalue weighted by atomic mass is 32.2. The topological polar surface area (TPSA) is 56.7 Å². The molecule has 2 N–H and O–H groups in total. The van der Waals surface area contributed by atoms with Crippen LogP contribution >= 0.6 is 0 Å². The van der Waals surface area contributed by atoms with Crippen molar-refractivity contribution in [2.75, 3.05) is 32.4 Å². The van der Waals surface area contributed by atoms with E-state index in [4.69, 9.17) is 0 Å². The fraction of sp³-hybridized carbons (Fsp3) is 0.938. The van der Waals surface area contributed by atoms with Gasteiger partial charge in [-0.3, -0.25) is 14.1 Å². The van der Waals surface area contributed by atoms with E-state index in [1.807, 2.05) is 20.8 Å². The molecule has 5 nitrogen and oxygen atoms in total. The summed E-state index contributed by atoms with van der Waals surface area (Å²) in [5, 5.41) is 6.55. The summed E-state index contributed by atoms with van der Waals surface area (Å²) in [4.78, 5) is 6.65. The minimum Gasteiger partial charge on any atom is -0.355 e. The van der Waals surface area contributed by atoms with Crippen molar-refractivity contribution in [1.82, 2.24) is 15.5 Å². The largest absolute Gasteiger partial charge is 0.355 e. The predicted molar refractivity (Wildman–Crippen MR) is 99.1 cm³/mol. The van der Waals surface area contributed by atoms with Crippen molar-refractivity contribution in [2.45, 2.75) is 65.3 Å². The van der Waals surface area contributed by atoms with Gasteiger partial charge in [-0.05, 0) is 48.5 Å². The molecule has 0 aromatic carbocycles. The molecule has 1 unspecified atom stereocenters. The quantitative estimate of drug-likeness (QED) is 0.526. The molecule has 0 aromatic rings. The molecule has 0 bridgehead atoms. The van der Waals surface area contributed by atoms with Crippen LogP contribution in [-0.2, 0) is 10.8 Å². The van der Waals surface area contributed by atoms with Gasteiger partial charge in [-0.25, -0.2) is 0 Å². The number of nitrogens with one attached hydrogen (secondary N) is 2. The van der Waals surface area contributed by atoms with Crippen LogP contribution in [0, 0.1) is 0 Å². The number of nitrogens with zero attached hydrogens (tertiary/aromatic N) is 2. The van der Waals surface area contributed by atoms with E-state index in [-0.39, 0.29) is 4.75 Å². The van der Waals surface area contributed by atoms with Gasteiger partial charge in [-0.2, -0.15) is 0 Å². The maximum absolute atomic E-state index is 12.0. The number of guanidine groups is 1.